The summed E-state index contributed by atoms with van der Waals surface area (Å²) in [5, 5.41) is 2.96. The number of para-hydroxylation sites is 1. The Kier molecular flexibility index (Phi) is 3.56. The molecule has 0 atom stereocenters. The van der Waals surface area contributed by atoms with Crippen molar-refractivity contribution in [1.82, 2.24) is 5.32 Å². The van der Waals surface area contributed by atoms with Gasteiger partial charge >= 0.3 is 6.36 Å². The first-order valence-corrected chi connectivity index (χ1v) is 5.57. The Hall–Kier alpha value is -1.56. The highest BCUT2D eigenvalue weighted by Crippen LogP contribution is 2.26. The lowest BCUT2D eigenvalue weighted by Gasteiger charge is -2.12. The number of benzene rings is 1. The molecule has 0 amide bonds. The van der Waals surface area contributed by atoms with Crippen LogP contribution in [-0.2, 0) is 0 Å². The predicted octanol–water partition coefficient (Wildman–Crippen LogP) is 2.52. The smallest absolute Gasteiger partial charge is 0.405 e. The average Bonchev–Trinajstić information content (AvgIpc) is 3.08. The van der Waals surface area contributed by atoms with Crippen LogP contribution < -0.4 is 10.1 Å². The van der Waals surface area contributed by atoms with E-state index in [-0.39, 0.29) is 12.1 Å². The molecule has 0 aromatic heterocycles. The van der Waals surface area contributed by atoms with Gasteiger partial charge in [0.2, 0.25) is 0 Å². The maximum atomic E-state index is 12.2. The molecule has 6 heteroatoms. The van der Waals surface area contributed by atoms with Crippen molar-refractivity contribution in [2.75, 3.05) is 6.54 Å². The molecular formula is C12H12F3NO2. The largest absolute Gasteiger partial charge is 0.573 e. The lowest BCUT2D eigenvalue weighted by Crippen LogP contribution is -2.26. The van der Waals surface area contributed by atoms with Gasteiger partial charge in [-0.3, -0.25) is 4.79 Å². The van der Waals surface area contributed by atoms with Gasteiger partial charge in [-0.2, -0.15) is 0 Å². The number of hydrogen-bond donors (Lipinski definition) is 1. The van der Waals surface area contributed by atoms with Gasteiger partial charge in [-0.1, -0.05) is 12.1 Å². The second-order valence-corrected chi connectivity index (χ2v) is 4.12. The summed E-state index contributed by atoms with van der Waals surface area (Å²) in [5.74, 6) is -0.852. The van der Waals surface area contributed by atoms with Crippen LogP contribution in [0.1, 0.15) is 23.2 Å². The molecule has 18 heavy (non-hydrogen) atoms. The quantitative estimate of drug-likeness (QED) is 0.826. The molecular weight excluding hydrogens is 247 g/mol. The number of alkyl halides is 3. The van der Waals surface area contributed by atoms with Crippen molar-refractivity contribution in [3.05, 3.63) is 29.8 Å². The number of nitrogens with one attached hydrogen (secondary N) is 1. The zero-order valence-electron chi connectivity index (χ0n) is 9.46. The van der Waals surface area contributed by atoms with E-state index in [0.717, 1.165) is 18.9 Å². The summed E-state index contributed by atoms with van der Waals surface area (Å²) in [4.78, 5) is 11.8. The lowest BCUT2D eigenvalue weighted by molar-refractivity contribution is -0.274. The Morgan fingerprint density at radius 1 is 1.33 bits per heavy atom. The molecule has 2 rings (SSSR count). The van der Waals surface area contributed by atoms with Crippen molar-refractivity contribution in [1.29, 1.82) is 0 Å². The maximum absolute atomic E-state index is 12.2. The van der Waals surface area contributed by atoms with Gasteiger partial charge in [0, 0.05) is 6.04 Å². The van der Waals surface area contributed by atoms with Crippen LogP contribution in [0.4, 0.5) is 13.2 Å². The highest BCUT2D eigenvalue weighted by molar-refractivity contribution is 6.00. The Balaban J connectivity index is 2.07. The van der Waals surface area contributed by atoms with Crippen molar-refractivity contribution < 1.29 is 22.7 Å². The molecule has 1 fully saturated rings. The Morgan fingerprint density at radius 3 is 2.61 bits per heavy atom. The molecule has 1 aliphatic rings. The van der Waals surface area contributed by atoms with E-state index in [4.69, 9.17) is 0 Å². The Labute approximate surface area is 102 Å². The zero-order chi connectivity index (χ0) is 13.2. The molecule has 1 aromatic rings. The average molecular weight is 259 g/mol. The van der Waals surface area contributed by atoms with Gasteiger partial charge in [0.05, 0.1) is 12.1 Å². The van der Waals surface area contributed by atoms with Gasteiger partial charge in [0.15, 0.2) is 5.78 Å². The second kappa shape index (κ2) is 4.97. The molecule has 0 unspecified atom stereocenters. The minimum atomic E-state index is -4.79. The van der Waals surface area contributed by atoms with Gasteiger partial charge in [-0.25, -0.2) is 0 Å². The number of hydrogen-bond acceptors (Lipinski definition) is 3. The number of ketones is 1. The SMILES string of the molecule is O=C(CNC1CC1)c1ccccc1OC(F)(F)F. The predicted molar refractivity (Wildman–Crippen MR) is 58.5 cm³/mol. The van der Waals surface area contributed by atoms with E-state index in [9.17, 15) is 18.0 Å². The molecule has 1 aromatic carbocycles. The van der Waals surface area contributed by atoms with Gasteiger partial charge in [-0.05, 0) is 25.0 Å². The van der Waals surface area contributed by atoms with Gasteiger partial charge < -0.3 is 10.1 Å². The number of ether oxygens (including phenoxy) is 1. The van der Waals surface area contributed by atoms with E-state index in [2.05, 4.69) is 10.1 Å². The molecule has 1 aliphatic carbocycles. The third-order valence-corrected chi connectivity index (χ3v) is 2.54. The van der Waals surface area contributed by atoms with E-state index in [0.29, 0.717) is 6.04 Å². The van der Waals surface area contributed by atoms with Crippen LogP contribution in [0.5, 0.6) is 5.75 Å². The van der Waals surface area contributed by atoms with Crippen LogP contribution in [-0.4, -0.2) is 24.7 Å². The van der Waals surface area contributed by atoms with Crippen molar-refractivity contribution in [2.45, 2.75) is 25.2 Å². The van der Waals surface area contributed by atoms with Crippen molar-refractivity contribution in [2.24, 2.45) is 0 Å². The normalized spacial score (nSPS) is 15.5. The van der Waals surface area contributed by atoms with Crippen molar-refractivity contribution in [3.63, 3.8) is 0 Å². The number of carbonyl (C=O) groups excluding carboxylic acids is 1. The molecule has 98 valence electrons. The van der Waals surface area contributed by atoms with Gasteiger partial charge in [0.25, 0.3) is 0 Å². The number of Topliss-reactive ketones (excluding diaryl/α,β-unsaturated/α-hetero) is 1. The summed E-state index contributed by atoms with van der Waals surface area (Å²) >= 11 is 0. The highest BCUT2D eigenvalue weighted by Gasteiger charge is 2.33. The van der Waals surface area contributed by atoms with E-state index in [1.165, 1.54) is 18.2 Å². The first-order valence-electron chi connectivity index (χ1n) is 5.57. The fourth-order valence-electron chi connectivity index (χ4n) is 1.53. The Bertz CT molecular complexity index is 441. The van der Waals surface area contributed by atoms with Crippen molar-refractivity contribution in [3.8, 4) is 5.75 Å². The molecule has 0 bridgehead atoms. The fourth-order valence-corrected chi connectivity index (χ4v) is 1.53. The number of carbonyl (C=O) groups is 1. The molecule has 1 saturated carbocycles. The molecule has 0 radical (unpaired) electrons. The monoisotopic (exact) mass is 259 g/mol. The Morgan fingerprint density at radius 2 is 2.00 bits per heavy atom. The van der Waals surface area contributed by atoms with Crippen LogP contribution in [0.25, 0.3) is 0 Å². The van der Waals surface area contributed by atoms with Crippen LogP contribution in [0.15, 0.2) is 24.3 Å². The fraction of sp³-hybridized carbons (Fsp3) is 0.417. The first-order chi connectivity index (χ1) is 8.46. The standard InChI is InChI=1S/C12H12F3NO2/c13-12(14,15)18-11-4-2-1-3-9(11)10(17)7-16-8-5-6-8/h1-4,8,16H,5-7H2. The molecule has 3 nitrogen and oxygen atoms in total. The zero-order valence-corrected chi connectivity index (χ0v) is 9.46. The van der Waals surface area contributed by atoms with Crippen LogP contribution in [0.2, 0.25) is 0 Å². The maximum Gasteiger partial charge on any atom is 0.573 e. The third kappa shape index (κ3) is 3.73. The third-order valence-electron chi connectivity index (χ3n) is 2.54. The lowest BCUT2D eigenvalue weighted by atomic mass is 10.1. The minimum absolute atomic E-state index is 0.0307. The minimum Gasteiger partial charge on any atom is -0.405 e. The number of halogens is 3. The van der Waals surface area contributed by atoms with Crippen molar-refractivity contribution >= 4 is 5.78 Å². The molecule has 1 N–H and O–H groups in total. The van der Waals surface area contributed by atoms with Gasteiger partial charge in [0.1, 0.15) is 5.75 Å². The summed E-state index contributed by atoms with van der Waals surface area (Å²) in [6.07, 6.45) is -2.78. The van der Waals surface area contributed by atoms with E-state index >= 15 is 0 Å². The summed E-state index contributed by atoms with van der Waals surface area (Å²) < 4.78 is 40.3. The van der Waals surface area contributed by atoms with Gasteiger partial charge in [-0.15, -0.1) is 13.2 Å². The van der Waals surface area contributed by atoms with E-state index < -0.39 is 17.9 Å². The van der Waals surface area contributed by atoms with Crippen LogP contribution in [0, 0.1) is 0 Å². The molecule has 0 spiro atoms. The molecule has 0 saturated heterocycles. The summed E-state index contributed by atoms with van der Waals surface area (Å²) in [5.41, 5.74) is -0.0528. The summed E-state index contributed by atoms with van der Waals surface area (Å²) in [7, 11) is 0. The topological polar surface area (TPSA) is 38.3 Å². The van der Waals surface area contributed by atoms with Crippen LogP contribution in [0.3, 0.4) is 0 Å². The molecule has 0 heterocycles. The summed E-state index contributed by atoms with van der Waals surface area (Å²) in [6, 6.07) is 5.69. The second-order valence-electron chi connectivity index (χ2n) is 4.12. The first kappa shape index (κ1) is 12.9. The van der Waals surface area contributed by atoms with E-state index in [1.54, 1.807) is 0 Å². The van der Waals surface area contributed by atoms with Crippen LogP contribution >= 0.6 is 0 Å². The number of rotatable bonds is 5. The summed E-state index contributed by atoms with van der Waals surface area (Å²) in [6.45, 7) is 0.0307. The molecule has 0 aliphatic heterocycles. The highest BCUT2D eigenvalue weighted by atomic mass is 19.4. The van der Waals surface area contributed by atoms with E-state index in [1.807, 2.05) is 0 Å².